The van der Waals surface area contributed by atoms with E-state index in [1.54, 1.807) is 11.8 Å². The number of nitrogens with zero attached hydrogens (tertiary/aromatic N) is 1. The highest BCUT2D eigenvalue weighted by Crippen LogP contribution is 2.18. The monoisotopic (exact) mass is 547 g/mol. The topological polar surface area (TPSA) is 48.0 Å². The largest absolute Gasteiger partial charge is 0.459 e. The molecule has 6 heteroatoms. The Morgan fingerprint density at radius 3 is 2.00 bits per heavy atom. The van der Waals surface area contributed by atoms with Crippen molar-refractivity contribution in [1.29, 1.82) is 0 Å². The summed E-state index contributed by atoms with van der Waals surface area (Å²) in [5, 5.41) is 2.10. The molecule has 1 aromatic carbocycles. The molecule has 0 amide bonds. The third-order valence-corrected chi connectivity index (χ3v) is 7.73. The Morgan fingerprint density at radius 2 is 1.45 bits per heavy atom. The Kier molecular flexibility index (Phi) is 19.2. The molecule has 216 valence electrons. The van der Waals surface area contributed by atoms with Crippen LogP contribution in [0.5, 0.6) is 0 Å². The van der Waals surface area contributed by atoms with Crippen molar-refractivity contribution in [3.63, 3.8) is 0 Å². The van der Waals surface area contributed by atoms with Crippen LogP contribution < -0.4 is 0 Å². The van der Waals surface area contributed by atoms with E-state index in [9.17, 15) is 4.79 Å². The van der Waals surface area contributed by atoms with Gasteiger partial charge in [-0.2, -0.15) is 0 Å². The fourth-order valence-electron chi connectivity index (χ4n) is 4.64. The number of ether oxygens (including phenoxy) is 3. The van der Waals surface area contributed by atoms with E-state index in [-0.39, 0.29) is 18.7 Å². The van der Waals surface area contributed by atoms with Gasteiger partial charge in [0, 0.05) is 26.0 Å². The van der Waals surface area contributed by atoms with Gasteiger partial charge in [0.15, 0.2) is 0 Å². The summed E-state index contributed by atoms with van der Waals surface area (Å²) in [6.45, 7) is 7.06. The number of thioether (sulfide) groups is 1. The summed E-state index contributed by atoms with van der Waals surface area (Å²) in [5.74, 6) is 0.661. The van der Waals surface area contributed by atoms with Gasteiger partial charge in [0.2, 0.25) is 0 Å². The van der Waals surface area contributed by atoms with Crippen LogP contribution in [0.4, 0.5) is 0 Å². The van der Waals surface area contributed by atoms with Gasteiger partial charge in [0.1, 0.15) is 12.7 Å². The van der Waals surface area contributed by atoms with Crippen molar-refractivity contribution >= 4 is 17.7 Å². The number of hydrogen-bond acceptors (Lipinski definition) is 6. The third-order valence-electron chi connectivity index (χ3n) is 6.93. The predicted octanol–water partition coefficient (Wildman–Crippen LogP) is 8.72. The van der Waals surface area contributed by atoms with Crippen molar-refractivity contribution in [2.45, 2.75) is 116 Å². The van der Waals surface area contributed by atoms with E-state index < -0.39 is 0 Å². The SMILES string of the molecule is CCCCCCCCCCCCCCCCOCC(COC(=O)c1ccc(CN2C=CSC2)cc1)OCC. The Balaban J connectivity index is 1.45. The molecule has 0 saturated carbocycles. The lowest BCUT2D eigenvalue weighted by atomic mass is 10.0. The van der Waals surface area contributed by atoms with Crippen LogP contribution >= 0.6 is 11.8 Å². The van der Waals surface area contributed by atoms with Crippen LogP contribution in [0.1, 0.15) is 120 Å². The zero-order chi connectivity index (χ0) is 27.1. The second kappa shape index (κ2) is 22.3. The van der Waals surface area contributed by atoms with Crippen molar-refractivity contribution < 1.29 is 19.0 Å². The summed E-state index contributed by atoms with van der Waals surface area (Å²) in [6, 6.07) is 7.67. The van der Waals surface area contributed by atoms with Crippen LogP contribution in [0.25, 0.3) is 0 Å². The van der Waals surface area contributed by atoms with Crippen molar-refractivity contribution in [1.82, 2.24) is 4.90 Å². The van der Waals surface area contributed by atoms with E-state index in [2.05, 4.69) is 23.4 Å². The molecular weight excluding hydrogens is 494 g/mol. The normalized spacial score (nSPS) is 13.8. The number of rotatable bonds is 24. The average Bonchev–Trinajstić information content (AvgIpc) is 3.44. The van der Waals surface area contributed by atoms with Crippen LogP contribution in [0.2, 0.25) is 0 Å². The highest BCUT2D eigenvalue weighted by atomic mass is 32.2. The van der Waals surface area contributed by atoms with Crippen LogP contribution in [-0.2, 0) is 20.8 Å². The van der Waals surface area contributed by atoms with E-state index in [0.29, 0.717) is 18.8 Å². The second-order valence-electron chi connectivity index (χ2n) is 10.4. The fourth-order valence-corrected chi connectivity index (χ4v) is 5.35. The van der Waals surface area contributed by atoms with Crippen LogP contribution in [0.3, 0.4) is 0 Å². The minimum Gasteiger partial charge on any atom is -0.459 e. The Morgan fingerprint density at radius 1 is 0.842 bits per heavy atom. The molecule has 1 atom stereocenters. The van der Waals surface area contributed by atoms with Crippen LogP contribution in [-0.4, -0.2) is 49.3 Å². The van der Waals surface area contributed by atoms with E-state index in [1.807, 2.05) is 31.2 Å². The van der Waals surface area contributed by atoms with Crippen molar-refractivity contribution in [3.8, 4) is 0 Å². The number of benzene rings is 1. The summed E-state index contributed by atoms with van der Waals surface area (Å²) in [4.78, 5) is 14.7. The molecule has 0 saturated heterocycles. The summed E-state index contributed by atoms with van der Waals surface area (Å²) >= 11 is 1.79. The minimum absolute atomic E-state index is 0.211. The van der Waals surface area contributed by atoms with Crippen molar-refractivity contribution in [2.24, 2.45) is 0 Å². The molecule has 5 nitrogen and oxygen atoms in total. The molecular formula is C32H53NO4S. The van der Waals surface area contributed by atoms with Crippen LogP contribution in [0.15, 0.2) is 35.9 Å². The molecule has 0 spiro atoms. The van der Waals surface area contributed by atoms with Gasteiger partial charge in [-0.25, -0.2) is 4.79 Å². The Bertz CT molecular complexity index is 739. The Labute approximate surface area is 237 Å². The summed E-state index contributed by atoms with van der Waals surface area (Å²) < 4.78 is 17.1. The Hall–Kier alpha value is -1.50. The van der Waals surface area contributed by atoms with Gasteiger partial charge in [-0.1, -0.05) is 103 Å². The summed E-state index contributed by atoms with van der Waals surface area (Å²) in [6.07, 6.45) is 20.8. The molecule has 0 aromatic heterocycles. The van der Waals surface area contributed by atoms with Gasteiger partial charge < -0.3 is 19.1 Å². The maximum Gasteiger partial charge on any atom is 0.338 e. The van der Waals surface area contributed by atoms with Gasteiger partial charge in [-0.05, 0) is 36.4 Å². The molecule has 1 aromatic rings. The molecule has 2 rings (SSSR count). The third kappa shape index (κ3) is 15.8. The molecule has 1 aliphatic rings. The van der Waals surface area contributed by atoms with Gasteiger partial charge in [-0.3, -0.25) is 0 Å². The molecule has 1 aliphatic heterocycles. The van der Waals surface area contributed by atoms with E-state index in [1.165, 1.54) is 89.0 Å². The highest BCUT2D eigenvalue weighted by molar-refractivity contribution is 8.02. The zero-order valence-electron chi connectivity index (χ0n) is 24.2. The number of hydrogen-bond donors (Lipinski definition) is 0. The number of carbonyl (C=O) groups is 1. The number of esters is 1. The van der Waals surface area contributed by atoms with E-state index >= 15 is 0 Å². The molecule has 0 radical (unpaired) electrons. The number of unbranched alkanes of at least 4 members (excludes halogenated alkanes) is 13. The highest BCUT2D eigenvalue weighted by Gasteiger charge is 2.14. The van der Waals surface area contributed by atoms with Crippen molar-refractivity contribution in [3.05, 3.63) is 47.0 Å². The lowest BCUT2D eigenvalue weighted by molar-refractivity contribution is -0.0465. The van der Waals surface area contributed by atoms with Gasteiger partial charge in [0.25, 0.3) is 0 Å². The summed E-state index contributed by atoms with van der Waals surface area (Å²) in [7, 11) is 0. The zero-order valence-corrected chi connectivity index (χ0v) is 25.0. The van der Waals surface area contributed by atoms with E-state index in [4.69, 9.17) is 14.2 Å². The predicted molar refractivity (Wildman–Crippen MR) is 160 cm³/mol. The lowest BCUT2D eigenvalue weighted by Crippen LogP contribution is -2.27. The first-order valence-electron chi connectivity index (χ1n) is 15.2. The molecule has 38 heavy (non-hydrogen) atoms. The van der Waals surface area contributed by atoms with Gasteiger partial charge >= 0.3 is 5.97 Å². The average molecular weight is 548 g/mol. The standard InChI is InChI=1S/C32H53NO4S/c1-3-5-6-7-8-9-10-11-12-13-14-15-16-17-23-35-26-31(36-4-2)27-37-32(34)30-20-18-29(19-21-30)25-33-22-24-38-28-33/h18-22,24,31H,3-17,23,25-28H2,1-2H3. The van der Waals surface area contributed by atoms with Gasteiger partial charge in [0.05, 0.1) is 18.0 Å². The second-order valence-corrected chi connectivity index (χ2v) is 11.2. The molecule has 1 heterocycles. The van der Waals surface area contributed by atoms with Crippen molar-refractivity contribution in [2.75, 3.05) is 32.3 Å². The first-order chi connectivity index (χ1) is 18.7. The molecule has 0 bridgehead atoms. The smallest absolute Gasteiger partial charge is 0.338 e. The molecule has 0 N–H and O–H groups in total. The fraction of sp³-hybridized carbons (Fsp3) is 0.719. The first kappa shape index (κ1) is 32.7. The maximum atomic E-state index is 12.5. The van der Waals surface area contributed by atoms with Crippen LogP contribution in [0, 0.1) is 0 Å². The lowest BCUT2D eigenvalue weighted by Gasteiger charge is -2.17. The minimum atomic E-state index is -0.315. The molecule has 0 fully saturated rings. The number of carbonyl (C=O) groups excluding carboxylic acids is 1. The quantitative estimate of drug-likeness (QED) is 0.0952. The van der Waals surface area contributed by atoms with E-state index in [0.717, 1.165) is 25.4 Å². The molecule has 1 unspecified atom stereocenters. The summed E-state index contributed by atoms with van der Waals surface area (Å²) in [5.41, 5.74) is 1.75. The molecule has 0 aliphatic carbocycles. The first-order valence-corrected chi connectivity index (χ1v) is 16.3. The maximum absolute atomic E-state index is 12.5. The van der Waals surface area contributed by atoms with Gasteiger partial charge in [-0.15, -0.1) is 11.8 Å².